The van der Waals surface area contributed by atoms with E-state index in [1.54, 1.807) is 21.3 Å². The van der Waals surface area contributed by atoms with E-state index < -0.39 is 8.80 Å². The van der Waals surface area contributed by atoms with Gasteiger partial charge in [0.25, 0.3) is 0 Å². The SMILES string of the molecule is C[CH]C(CCN)[Si](OC)(OC)OC. The van der Waals surface area contributed by atoms with Crippen LogP contribution in [0.4, 0.5) is 0 Å². The molecule has 79 valence electrons. The van der Waals surface area contributed by atoms with E-state index in [9.17, 15) is 0 Å². The third-order valence-corrected chi connectivity index (χ3v) is 5.43. The molecule has 4 nitrogen and oxygen atoms in total. The number of hydrogen-bond donors (Lipinski definition) is 1. The summed E-state index contributed by atoms with van der Waals surface area (Å²) < 4.78 is 16.0. The van der Waals surface area contributed by atoms with Crippen LogP contribution in [0.5, 0.6) is 0 Å². The molecule has 0 fully saturated rings. The lowest BCUT2D eigenvalue weighted by Crippen LogP contribution is -2.48. The molecular formula is C8H20NO3Si. The quantitative estimate of drug-likeness (QED) is 0.626. The van der Waals surface area contributed by atoms with Crippen molar-refractivity contribution >= 4 is 8.80 Å². The van der Waals surface area contributed by atoms with Crippen LogP contribution in [0.1, 0.15) is 13.3 Å². The molecule has 0 aromatic carbocycles. The van der Waals surface area contributed by atoms with E-state index >= 15 is 0 Å². The Morgan fingerprint density at radius 1 is 1.23 bits per heavy atom. The molecule has 0 aliphatic heterocycles. The van der Waals surface area contributed by atoms with Gasteiger partial charge in [0.1, 0.15) is 0 Å². The van der Waals surface area contributed by atoms with E-state index in [1.807, 2.05) is 13.3 Å². The first-order valence-corrected chi connectivity index (χ1v) is 6.16. The Balaban J connectivity index is 4.45. The van der Waals surface area contributed by atoms with Crippen LogP contribution >= 0.6 is 0 Å². The fourth-order valence-electron chi connectivity index (χ4n) is 1.43. The fraction of sp³-hybridized carbons (Fsp3) is 0.875. The minimum atomic E-state index is -2.50. The maximum atomic E-state index is 5.50. The van der Waals surface area contributed by atoms with Crippen molar-refractivity contribution in [1.29, 1.82) is 0 Å². The predicted molar refractivity (Wildman–Crippen MR) is 54.2 cm³/mol. The molecule has 0 aromatic heterocycles. The molecule has 2 N–H and O–H groups in total. The van der Waals surface area contributed by atoms with Crippen molar-refractivity contribution in [2.45, 2.75) is 18.9 Å². The molecule has 5 heteroatoms. The van der Waals surface area contributed by atoms with Crippen LogP contribution in [0.2, 0.25) is 5.54 Å². The topological polar surface area (TPSA) is 53.7 Å². The van der Waals surface area contributed by atoms with Crippen molar-refractivity contribution in [1.82, 2.24) is 0 Å². The van der Waals surface area contributed by atoms with Crippen molar-refractivity contribution in [2.24, 2.45) is 5.73 Å². The molecule has 13 heavy (non-hydrogen) atoms. The van der Waals surface area contributed by atoms with E-state index in [1.165, 1.54) is 0 Å². The molecule has 1 atom stereocenters. The lowest BCUT2D eigenvalue weighted by atomic mass is 10.2. The molecular weight excluding hydrogens is 186 g/mol. The lowest BCUT2D eigenvalue weighted by Gasteiger charge is -2.31. The van der Waals surface area contributed by atoms with Gasteiger partial charge in [-0.2, -0.15) is 0 Å². The molecule has 0 aliphatic carbocycles. The second-order valence-corrected chi connectivity index (χ2v) is 5.91. The van der Waals surface area contributed by atoms with Gasteiger partial charge in [0.05, 0.1) is 0 Å². The summed E-state index contributed by atoms with van der Waals surface area (Å²) in [5.74, 6) is 0. The summed E-state index contributed by atoms with van der Waals surface area (Å²) >= 11 is 0. The molecule has 0 aliphatic rings. The monoisotopic (exact) mass is 206 g/mol. The van der Waals surface area contributed by atoms with Crippen LogP contribution in [-0.4, -0.2) is 36.7 Å². The zero-order chi connectivity index (χ0) is 10.3. The molecule has 0 aromatic rings. The highest BCUT2D eigenvalue weighted by atomic mass is 28.4. The van der Waals surface area contributed by atoms with Gasteiger partial charge in [-0.05, 0) is 19.4 Å². The third kappa shape index (κ3) is 3.03. The van der Waals surface area contributed by atoms with Gasteiger partial charge in [-0.1, -0.05) is 6.92 Å². The Bertz CT molecular complexity index is 122. The minimum Gasteiger partial charge on any atom is -0.377 e. The van der Waals surface area contributed by atoms with E-state index in [-0.39, 0.29) is 5.54 Å². The summed E-state index contributed by atoms with van der Waals surface area (Å²) in [5.41, 5.74) is 5.68. The van der Waals surface area contributed by atoms with Crippen LogP contribution in [0.15, 0.2) is 0 Å². The number of hydrogen-bond acceptors (Lipinski definition) is 4. The van der Waals surface area contributed by atoms with Crippen molar-refractivity contribution < 1.29 is 13.3 Å². The van der Waals surface area contributed by atoms with Crippen LogP contribution in [0.25, 0.3) is 0 Å². The van der Waals surface area contributed by atoms with Crippen molar-refractivity contribution in [3.8, 4) is 0 Å². The highest BCUT2D eigenvalue weighted by Crippen LogP contribution is 2.29. The Hall–Kier alpha value is 0.0569. The van der Waals surface area contributed by atoms with Crippen molar-refractivity contribution in [2.75, 3.05) is 27.9 Å². The average Bonchev–Trinajstić information content (AvgIpc) is 2.19. The highest BCUT2D eigenvalue weighted by Gasteiger charge is 2.45. The third-order valence-electron chi connectivity index (χ3n) is 2.19. The van der Waals surface area contributed by atoms with Gasteiger partial charge in [-0.15, -0.1) is 0 Å². The smallest absolute Gasteiger partial charge is 0.377 e. The summed E-state index contributed by atoms with van der Waals surface area (Å²) in [7, 11) is 2.35. The first-order chi connectivity index (χ1) is 6.20. The number of nitrogens with two attached hydrogens (primary N) is 1. The van der Waals surface area contributed by atoms with Gasteiger partial charge in [-0.3, -0.25) is 0 Å². The van der Waals surface area contributed by atoms with E-state index in [0.29, 0.717) is 6.54 Å². The van der Waals surface area contributed by atoms with Gasteiger partial charge in [0, 0.05) is 26.9 Å². The molecule has 0 rings (SSSR count). The van der Waals surface area contributed by atoms with Crippen LogP contribution in [0.3, 0.4) is 0 Å². The summed E-state index contributed by atoms with van der Waals surface area (Å²) in [4.78, 5) is 0. The molecule has 0 spiro atoms. The lowest BCUT2D eigenvalue weighted by molar-refractivity contribution is 0.114. The van der Waals surface area contributed by atoms with Crippen molar-refractivity contribution in [3.05, 3.63) is 6.42 Å². The largest absolute Gasteiger partial charge is 0.503 e. The van der Waals surface area contributed by atoms with Crippen LogP contribution in [-0.2, 0) is 13.3 Å². The fourth-order valence-corrected chi connectivity index (χ4v) is 3.77. The zero-order valence-electron chi connectivity index (χ0n) is 8.87. The minimum absolute atomic E-state index is 0.178. The molecule has 0 saturated carbocycles. The van der Waals surface area contributed by atoms with Crippen LogP contribution in [0, 0.1) is 6.42 Å². The standard InChI is InChI=1S/C8H20NO3Si/c1-5-8(6-7-9)13(10-2,11-3)12-4/h5,8H,6-7,9H2,1-4H3. The van der Waals surface area contributed by atoms with Crippen LogP contribution < -0.4 is 5.73 Å². The second-order valence-electron chi connectivity index (χ2n) is 2.73. The first kappa shape index (κ1) is 13.1. The van der Waals surface area contributed by atoms with Crippen molar-refractivity contribution in [3.63, 3.8) is 0 Å². The van der Waals surface area contributed by atoms with E-state index in [0.717, 1.165) is 6.42 Å². The van der Waals surface area contributed by atoms with E-state index in [4.69, 9.17) is 19.0 Å². The Morgan fingerprint density at radius 3 is 1.92 bits per heavy atom. The zero-order valence-corrected chi connectivity index (χ0v) is 9.87. The highest BCUT2D eigenvalue weighted by molar-refractivity contribution is 6.62. The molecule has 0 saturated heterocycles. The Labute approximate surface area is 81.7 Å². The maximum absolute atomic E-state index is 5.50. The molecule has 0 heterocycles. The van der Waals surface area contributed by atoms with Gasteiger partial charge < -0.3 is 19.0 Å². The van der Waals surface area contributed by atoms with Gasteiger partial charge in [0.15, 0.2) is 0 Å². The summed E-state index contributed by atoms with van der Waals surface area (Å²) in [5, 5.41) is 0. The second kappa shape index (κ2) is 6.50. The predicted octanol–water partition coefficient (Wildman–Crippen LogP) is 0.808. The summed E-state index contributed by atoms with van der Waals surface area (Å²) in [6.45, 7) is 2.58. The maximum Gasteiger partial charge on any atom is 0.503 e. The molecule has 1 unspecified atom stereocenters. The number of rotatable bonds is 7. The normalized spacial score (nSPS) is 14.5. The average molecular weight is 206 g/mol. The van der Waals surface area contributed by atoms with Gasteiger partial charge in [0.2, 0.25) is 0 Å². The molecule has 0 bridgehead atoms. The van der Waals surface area contributed by atoms with Gasteiger partial charge in [-0.25, -0.2) is 0 Å². The van der Waals surface area contributed by atoms with E-state index in [2.05, 4.69) is 0 Å². The summed E-state index contributed by atoms with van der Waals surface area (Å²) in [6, 6.07) is 0. The Kier molecular flexibility index (Phi) is 6.53. The van der Waals surface area contributed by atoms with Gasteiger partial charge >= 0.3 is 8.80 Å². The molecule has 0 amide bonds. The first-order valence-electron chi connectivity index (χ1n) is 4.35. The Morgan fingerprint density at radius 2 is 1.69 bits per heavy atom. The molecule has 1 radical (unpaired) electrons. The summed E-state index contributed by atoms with van der Waals surface area (Å²) in [6.07, 6.45) is 2.87.